The number of halogens is 1. The number of benzene rings is 2. The van der Waals surface area contributed by atoms with Crippen LogP contribution in [-0.4, -0.2) is 33.9 Å². The van der Waals surface area contributed by atoms with Gasteiger partial charge in [0.05, 0.1) is 44.5 Å². The average Bonchev–Trinajstić information content (AvgIpc) is 3.46. The van der Waals surface area contributed by atoms with Gasteiger partial charge in [-0.2, -0.15) is 0 Å². The standard InChI is InChI=1S/C24H18BrN3O4S2/c1-11-22(33-12(2)26-11)20(29)18-19(14-6-4-5-7-15(14)25)28(23(31)21(18)30)24-27-16-9-8-13(32-3)10-17(16)34-24/h4-10,19,30H,1-3H3. The summed E-state index contributed by atoms with van der Waals surface area (Å²) >= 11 is 6.09. The van der Waals surface area contributed by atoms with Gasteiger partial charge in [-0.05, 0) is 43.7 Å². The molecule has 3 heterocycles. The van der Waals surface area contributed by atoms with Crippen LogP contribution in [0.4, 0.5) is 5.13 Å². The van der Waals surface area contributed by atoms with Crippen molar-refractivity contribution < 1.29 is 19.4 Å². The fourth-order valence-corrected chi connectivity index (χ4v) is 6.41. The van der Waals surface area contributed by atoms with Crippen molar-refractivity contribution in [2.75, 3.05) is 12.0 Å². The Bertz CT molecular complexity index is 1510. The Morgan fingerprint density at radius 2 is 1.91 bits per heavy atom. The lowest BCUT2D eigenvalue weighted by molar-refractivity contribution is -0.117. The predicted octanol–water partition coefficient (Wildman–Crippen LogP) is 5.92. The number of rotatable bonds is 5. The van der Waals surface area contributed by atoms with Crippen molar-refractivity contribution in [2.24, 2.45) is 0 Å². The highest BCUT2D eigenvalue weighted by Crippen LogP contribution is 2.46. The molecule has 1 atom stereocenters. The first kappa shape index (κ1) is 22.7. The van der Waals surface area contributed by atoms with E-state index in [4.69, 9.17) is 4.74 Å². The maximum atomic E-state index is 13.7. The molecule has 0 aliphatic carbocycles. The van der Waals surface area contributed by atoms with Crippen molar-refractivity contribution in [1.82, 2.24) is 9.97 Å². The van der Waals surface area contributed by atoms with Crippen molar-refractivity contribution in [2.45, 2.75) is 19.9 Å². The Morgan fingerprint density at radius 1 is 1.15 bits per heavy atom. The summed E-state index contributed by atoms with van der Waals surface area (Å²) in [4.78, 5) is 37.9. The summed E-state index contributed by atoms with van der Waals surface area (Å²) in [6.07, 6.45) is 0. The number of ketones is 1. The first-order chi connectivity index (χ1) is 16.3. The molecule has 0 saturated carbocycles. The van der Waals surface area contributed by atoms with Crippen LogP contribution in [0.15, 0.2) is 58.3 Å². The molecule has 10 heteroatoms. The number of aliphatic hydroxyl groups excluding tert-OH is 1. The summed E-state index contributed by atoms with van der Waals surface area (Å²) in [6, 6.07) is 11.9. The molecule has 0 fully saturated rings. The van der Waals surface area contributed by atoms with E-state index < -0.39 is 23.5 Å². The number of hydrogen-bond donors (Lipinski definition) is 1. The minimum absolute atomic E-state index is 0.0143. The van der Waals surface area contributed by atoms with Gasteiger partial charge in [-0.25, -0.2) is 9.97 Å². The smallest absolute Gasteiger partial charge is 0.296 e. The highest BCUT2D eigenvalue weighted by Gasteiger charge is 2.47. The Hall–Kier alpha value is -3.08. The van der Waals surface area contributed by atoms with E-state index >= 15 is 0 Å². The molecule has 7 nitrogen and oxygen atoms in total. The number of ether oxygens (including phenoxy) is 1. The summed E-state index contributed by atoms with van der Waals surface area (Å²) in [6.45, 7) is 3.56. The molecule has 0 bridgehead atoms. The topological polar surface area (TPSA) is 92.6 Å². The molecule has 0 spiro atoms. The number of carbonyl (C=O) groups excluding carboxylic acids is 2. The molecule has 0 saturated heterocycles. The number of fused-ring (bicyclic) bond motifs is 1. The number of hydrogen-bond acceptors (Lipinski definition) is 8. The average molecular weight is 556 g/mol. The highest BCUT2D eigenvalue weighted by molar-refractivity contribution is 9.10. The van der Waals surface area contributed by atoms with Crippen LogP contribution in [0.25, 0.3) is 10.2 Å². The number of amides is 1. The second kappa shape index (κ2) is 8.61. The van der Waals surface area contributed by atoms with Gasteiger partial charge in [-0.15, -0.1) is 11.3 Å². The van der Waals surface area contributed by atoms with Gasteiger partial charge >= 0.3 is 0 Å². The quantitative estimate of drug-likeness (QED) is 0.307. The molecule has 0 radical (unpaired) electrons. The zero-order chi connectivity index (χ0) is 24.1. The maximum Gasteiger partial charge on any atom is 0.296 e. The van der Waals surface area contributed by atoms with Crippen molar-refractivity contribution in [3.63, 3.8) is 0 Å². The van der Waals surface area contributed by atoms with Crippen LogP contribution < -0.4 is 9.64 Å². The van der Waals surface area contributed by atoms with E-state index in [1.165, 1.54) is 27.6 Å². The SMILES string of the molecule is COc1ccc2nc(N3C(=O)C(O)=C(C(=O)c4sc(C)nc4C)C3c3ccccc3Br)sc2c1. The highest BCUT2D eigenvalue weighted by atomic mass is 79.9. The van der Waals surface area contributed by atoms with Crippen LogP contribution in [0, 0.1) is 13.8 Å². The van der Waals surface area contributed by atoms with Gasteiger partial charge in [0.15, 0.2) is 10.9 Å². The number of aliphatic hydroxyl groups is 1. The van der Waals surface area contributed by atoms with Crippen LogP contribution in [0.1, 0.15) is 32.0 Å². The van der Waals surface area contributed by atoms with Crippen LogP contribution in [0.5, 0.6) is 5.75 Å². The summed E-state index contributed by atoms with van der Waals surface area (Å²) < 4.78 is 6.83. The van der Waals surface area contributed by atoms with Crippen LogP contribution >= 0.6 is 38.6 Å². The molecule has 1 unspecified atom stereocenters. The van der Waals surface area contributed by atoms with Crippen molar-refractivity contribution in [1.29, 1.82) is 0 Å². The van der Waals surface area contributed by atoms with E-state index in [0.29, 0.717) is 37.0 Å². The van der Waals surface area contributed by atoms with E-state index in [1.807, 2.05) is 43.3 Å². The van der Waals surface area contributed by atoms with Gasteiger partial charge in [0.1, 0.15) is 5.75 Å². The first-order valence-electron chi connectivity index (χ1n) is 10.2. The second-order valence-electron chi connectivity index (χ2n) is 7.67. The first-order valence-corrected chi connectivity index (χ1v) is 12.7. The Kier molecular flexibility index (Phi) is 5.75. The normalized spacial score (nSPS) is 16.1. The van der Waals surface area contributed by atoms with E-state index in [-0.39, 0.29) is 5.57 Å². The third-order valence-corrected chi connectivity index (χ3v) is 8.36. The van der Waals surface area contributed by atoms with Crippen molar-refractivity contribution in [3.05, 3.63) is 79.4 Å². The van der Waals surface area contributed by atoms with Gasteiger partial charge in [-0.3, -0.25) is 14.5 Å². The molecule has 1 N–H and O–H groups in total. The molecule has 4 aromatic rings. The number of aryl methyl sites for hydroxylation is 2. The summed E-state index contributed by atoms with van der Waals surface area (Å²) in [5, 5.41) is 12.1. The molecule has 34 heavy (non-hydrogen) atoms. The lowest BCUT2D eigenvalue weighted by Crippen LogP contribution is -2.31. The predicted molar refractivity (Wildman–Crippen MR) is 136 cm³/mol. The molecule has 1 aliphatic rings. The Labute approximate surface area is 211 Å². The van der Waals surface area contributed by atoms with E-state index in [9.17, 15) is 14.7 Å². The summed E-state index contributed by atoms with van der Waals surface area (Å²) in [7, 11) is 1.58. The lowest BCUT2D eigenvalue weighted by Gasteiger charge is -2.25. The molecule has 172 valence electrons. The molecular formula is C24H18BrN3O4S2. The summed E-state index contributed by atoms with van der Waals surface area (Å²) in [5.74, 6) is -0.993. The third-order valence-electron chi connectivity index (χ3n) is 5.55. The zero-order valence-corrected chi connectivity index (χ0v) is 21.5. The minimum Gasteiger partial charge on any atom is -0.503 e. The van der Waals surface area contributed by atoms with E-state index in [2.05, 4.69) is 25.9 Å². The minimum atomic E-state index is -0.861. The van der Waals surface area contributed by atoms with Gasteiger partial charge in [0, 0.05) is 4.47 Å². The number of anilines is 1. The monoisotopic (exact) mass is 555 g/mol. The van der Waals surface area contributed by atoms with Gasteiger partial charge in [-0.1, -0.05) is 45.5 Å². The van der Waals surface area contributed by atoms with Gasteiger partial charge in [0.25, 0.3) is 5.91 Å². The molecule has 2 aromatic carbocycles. The third kappa shape index (κ3) is 3.62. The number of Topliss-reactive ketones (excluding diaryl/α,β-unsaturated/α-hetero) is 1. The van der Waals surface area contributed by atoms with E-state index in [1.54, 1.807) is 20.1 Å². The zero-order valence-electron chi connectivity index (χ0n) is 18.3. The summed E-state index contributed by atoms with van der Waals surface area (Å²) in [5.41, 5.74) is 1.93. The fraction of sp³-hybridized carbons (Fsp3) is 0.167. The van der Waals surface area contributed by atoms with Crippen LogP contribution in [0.3, 0.4) is 0 Å². The van der Waals surface area contributed by atoms with Crippen molar-refractivity contribution in [3.8, 4) is 5.75 Å². The van der Waals surface area contributed by atoms with Crippen molar-refractivity contribution >= 4 is 65.6 Å². The van der Waals surface area contributed by atoms with Gasteiger partial charge < -0.3 is 9.84 Å². The molecular weight excluding hydrogens is 538 g/mol. The number of aromatic nitrogens is 2. The number of nitrogens with zero attached hydrogens (tertiary/aromatic N) is 3. The molecule has 5 rings (SSSR count). The number of carbonyl (C=O) groups is 2. The molecule has 2 aromatic heterocycles. The number of thiazole rings is 2. The van der Waals surface area contributed by atoms with Crippen LogP contribution in [0.2, 0.25) is 0 Å². The van der Waals surface area contributed by atoms with Crippen LogP contribution in [-0.2, 0) is 4.79 Å². The van der Waals surface area contributed by atoms with Gasteiger partial charge in [0.2, 0.25) is 5.78 Å². The van der Waals surface area contributed by atoms with E-state index in [0.717, 1.165) is 9.71 Å². The maximum absolute atomic E-state index is 13.7. The Balaban J connectivity index is 1.70. The molecule has 1 amide bonds. The Morgan fingerprint density at radius 3 is 2.59 bits per heavy atom. The second-order valence-corrected chi connectivity index (χ2v) is 10.7. The lowest BCUT2D eigenvalue weighted by atomic mass is 9.95. The fourth-order valence-electron chi connectivity index (χ4n) is 4.01. The molecule has 1 aliphatic heterocycles. The largest absolute Gasteiger partial charge is 0.503 e. The number of methoxy groups -OCH3 is 1.